The highest BCUT2D eigenvalue weighted by molar-refractivity contribution is 6.45. The van der Waals surface area contributed by atoms with E-state index in [9.17, 15) is 0 Å². The number of nitriles is 1. The van der Waals surface area contributed by atoms with Crippen LogP contribution in [0.25, 0.3) is 0 Å². The van der Waals surface area contributed by atoms with Gasteiger partial charge in [0.05, 0.1) is 33.0 Å². The van der Waals surface area contributed by atoms with Crippen LogP contribution in [0.5, 0.6) is 0 Å². The molecule has 0 aliphatic rings. The Labute approximate surface area is 91.7 Å². The largest absolute Gasteiger partial charge is 0.380 e. The Kier molecular flexibility index (Phi) is 12.9. The summed E-state index contributed by atoms with van der Waals surface area (Å²) in [6, 6.07) is 0. The van der Waals surface area contributed by atoms with Gasteiger partial charge in [-0.1, -0.05) is 0 Å². The van der Waals surface area contributed by atoms with Crippen LogP contribution in [-0.4, -0.2) is 53.5 Å². The molecular formula is C9H19BN2O3. The average molecular weight is 214 g/mol. The summed E-state index contributed by atoms with van der Waals surface area (Å²) in [5.41, 5.74) is 5.24. The lowest BCUT2D eigenvalue weighted by molar-refractivity contribution is 0.0185. The maximum atomic E-state index is 8.26. The molecule has 5 nitrogen and oxygen atoms in total. The van der Waals surface area contributed by atoms with Crippen molar-refractivity contribution in [2.75, 3.05) is 46.2 Å². The van der Waals surface area contributed by atoms with Gasteiger partial charge < -0.3 is 19.9 Å². The number of nitrogens with two attached hydrogens (primary N) is 1. The fraction of sp³-hybridized carbons (Fsp3) is 0.889. The van der Waals surface area contributed by atoms with Gasteiger partial charge in [-0.2, -0.15) is 0 Å². The molecule has 0 fully saturated rings. The van der Waals surface area contributed by atoms with Crippen LogP contribution in [0, 0.1) is 11.2 Å². The molecule has 0 aliphatic heterocycles. The third-order valence-electron chi connectivity index (χ3n) is 1.58. The number of rotatable bonds is 11. The molecule has 0 rings (SSSR count). The topological polar surface area (TPSA) is 77.5 Å². The first-order valence-corrected chi connectivity index (χ1v) is 5.22. The van der Waals surface area contributed by atoms with Crippen molar-refractivity contribution in [1.82, 2.24) is 0 Å². The van der Waals surface area contributed by atoms with Crippen LogP contribution in [0.3, 0.4) is 0 Å². The molecule has 2 N–H and O–H groups in total. The van der Waals surface area contributed by atoms with E-state index in [1.54, 1.807) is 0 Å². The first kappa shape index (κ1) is 14.4. The molecule has 86 valence electrons. The van der Waals surface area contributed by atoms with E-state index in [0.29, 0.717) is 53.5 Å². The lowest BCUT2D eigenvalue weighted by atomic mass is 9.78. The molecule has 0 unspecified atom stereocenters. The van der Waals surface area contributed by atoms with Crippen molar-refractivity contribution in [2.24, 2.45) is 5.73 Å². The predicted octanol–water partition coefficient (Wildman–Crippen LogP) is -0.669. The highest BCUT2D eigenvalue weighted by Gasteiger charge is 1.92. The van der Waals surface area contributed by atoms with E-state index in [0.717, 1.165) is 6.32 Å². The molecule has 0 amide bonds. The Balaban J connectivity index is 2.84. The Morgan fingerprint density at radius 3 is 2.00 bits per heavy atom. The van der Waals surface area contributed by atoms with E-state index < -0.39 is 0 Å². The van der Waals surface area contributed by atoms with Gasteiger partial charge in [0.15, 0.2) is 0 Å². The molecule has 0 aliphatic carbocycles. The molecule has 0 bridgehead atoms. The maximum Gasteiger partial charge on any atom is 0.252 e. The molecule has 0 radical (unpaired) electrons. The summed E-state index contributed by atoms with van der Waals surface area (Å²) in [5.74, 6) is 2.06. The van der Waals surface area contributed by atoms with Crippen molar-refractivity contribution in [3.63, 3.8) is 0 Å². The van der Waals surface area contributed by atoms with E-state index in [-0.39, 0.29) is 0 Å². The Morgan fingerprint density at radius 2 is 1.47 bits per heavy atom. The minimum absolute atomic E-state index is 0.544. The lowest BCUT2D eigenvalue weighted by Gasteiger charge is -2.05. The van der Waals surface area contributed by atoms with E-state index in [1.807, 2.05) is 0 Å². The normalized spacial score (nSPS) is 9.87. The van der Waals surface area contributed by atoms with Crippen LogP contribution in [0.15, 0.2) is 0 Å². The third-order valence-corrected chi connectivity index (χ3v) is 1.58. The van der Waals surface area contributed by atoms with Crippen molar-refractivity contribution in [3.8, 4) is 5.97 Å². The van der Waals surface area contributed by atoms with Gasteiger partial charge in [-0.05, 0) is 12.3 Å². The second-order valence-electron chi connectivity index (χ2n) is 2.89. The number of hydrogen-bond donors (Lipinski definition) is 1. The minimum Gasteiger partial charge on any atom is -0.380 e. The first-order chi connectivity index (χ1) is 7.41. The minimum atomic E-state index is 0.544. The molecule has 0 heterocycles. The Bertz CT molecular complexity index is 164. The Hall–Kier alpha value is -0.605. The Morgan fingerprint density at radius 1 is 0.933 bits per heavy atom. The van der Waals surface area contributed by atoms with Crippen LogP contribution < -0.4 is 5.73 Å². The second-order valence-corrected chi connectivity index (χ2v) is 2.89. The molecule has 0 saturated carbocycles. The van der Waals surface area contributed by atoms with Gasteiger partial charge >= 0.3 is 0 Å². The van der Waals surface area contributed by atoms with Gasteiger partial charge in [-0.15, -0.1) is 0 Å². The number of nitrogens with zero attached hydrogens (tertiary/aromatic N) is 1. The standard InChI is InChI=1S/C9H19BN2O3/c11-2-4-14-6-8-15-7-5-13-3-1-10-9-12/h10H,1-8,11H2. The van der Waals surface area contributed by atoms with Crippen molar-refractivity contribution >= 4 is 7.28 Å². The summed E-state index contributed by atoms with van der Waals surface area (Å²) in [7, 11) is 0.549. The molecule has 0 saturated heterocycles. The van der Waals surface area contributed by atoms with E-state index in [4.69, 9.17) is 25.2 Å². The summed E-state index contributed by atoms with van der Waals surface area (Å²) < 4.78 is 15.6. The monoisotopic (exact) mass is 214 g/mol. The smallest absolute Gasteiger partial charge is 0.252 e. The van der Waals surface area contributed by atoms with E-state index in [1.165, 1.54) is 0 Å². The van der Waals surface area contributed by atoms with Crippen molar-refractivity contribution in [2.45, 2.75) is 6.32 Å². The molecule has 0 aromatic carbocycles. The molecule has 0 aromatic rings. The number of hydrogen-bond acceptors (Lipinski definition) is 5. The highest BCUT2D eigenvalue weighted by Crippen LogP contribution is 1.83. The van der Waals surface area contributed by atoms with Crippen LogP contribution in [0.2, 0.25) is 6.32 Å². The zero-order valence-corrected chi connectivity index (χ0v) is 9.11. The summed E-state index contributed by atoms with van der Waals surface area (Å²) in [6.45, 7) is 4.03. The quantitative estimate of drug-likeness (QED) is 0.364. The van der Waals surface area contributed by atoms with Gasteiger partial charge in [0.2, 0.25) is 0 Å². The summed E-state index contributed by atoms with van der Waals surface area (Å²) in [6.07, 6.45) is 0.788. The summed E-state index contributed by atoms with van der Waals surface area (Å²) in [4.78, 5) is 0. The van der Waals surface area contributed by atoms with Gasteiger partial charge in [-0.25, -0.2) is 5.26 Å². The lowest BCUT2D eigenvalue weighted by Crippen LogP contribution is -2.13. The van der Waals surface area contributed by atoms with Crippen LogP contribution in [-0.2, 0) is 14.2 Å². The van der Waals surface area contributed by atoms with Gasteiger partial charge in [0, 0.05) is 13.2 Å². The third kappa shape index (κ3) is 13.4. The predicted molar refractivity (Wildman–Crippen MR) is 59.1 cm³/mol. The SMILES string of the molecule is N#CBCCOCCOCCOCCN. The van der Waals surface area contributed by atoms with E-state index >= 15 is 0 Å². The molecular weight excluding hydrogens is 195 g/mol. The van der Waals surface area contributed by atoms with Crippen molar-refractivity contribution in [3.05, 3.63) is 0 Å². The summed E-state index contributed by atoms with van der Waals surface area (Å²) in [5, 5.41) is 8.26. The van der Waals surface area contributed by atoms with Crippen LogP contribution in [0.1, 0.15) is 0 Å². The first-order valence-electron chi connectivity index (χ1n) is 5.22. The summed E-state index contributed by atoms with van der Waals surface area (Å²) >= 11 is 0. The maximum absolute atomic E-state index is 8.26. The zero-order chi connectivity index (χ0) is 11.2. The molecule has 0 spiro atoms. The molecule has 0 aromatic heterocycles. The van der Waals surface area contributed by atoms with Gasteiger partial charge in [0.25, 0.3) is 7.28 Å². The molecule has 6 heteroatoms. The molecule has 15 heavy (non-hydrogen) atoms. The van der Waals surface area contributed by atoms with Crippen LogP contribution >= 0.6 is 0 Å². The fourth-order valence-corrected chi connectivity index (χ4v) is 0.879. The second kappa shape index (κ2) is 13.4. The van der Waals surface area contributed by atoms with Crippen molar-refractivity contribution in [1.29, 1.82) is 5.26 Å². The van der Waals surface area contributed by atoms with E-state index in [2.05, 4.69) is 5.97 Å². The molecule has 0 atom stereocenters. The highest BCUT2D eigenvalue weighted by atomic mass is 16.5. The fourth-order valence-electron chi connectivity index (χ4n) is 0.879. The van der Waals surface area contributed by atoms with Crippen molar-refractivity contribution < 1.29 is 14.2 Å². The average Bonchev–Trinajstić information content (AvgIpc) is 2.26. The van der Waals surface area contributed by atoms with Gasteiger partial charge in [-0.3, -0.25) is 0 Å². The van der Waals surface area contributed by atoms with Gasteiger partial charge in [0.1, 0.15) is 0 Å². The number of ether oxygens (including phenoxy) is 3. The zero-order valence-electron chi connectivity index (χ0n) is 9.11. The van der Waals surface area contributed by atoms with Crippen LogP contribution in [0.4, 0.5) is 0 Å².